The number of aliphatic hydroxyl groups is 1. The van der Waals surface area contributed by atoms with Crippen LogP contribution in [0, 0.1) is 6.92 Å². The van der Waals surface area contributed by atoms with Crippen molar-refractivity contribution in [3.05, 3.63) is 35.4 Å². The van der Waals surface area contributed by atoms with E-state index in [4.69, 9.17) is 5.11 Å². The number of benzene rings is 1. The number of carbonyl (C=O) groups excluding carboxylic acids is 1. The molecule has 106 valence electrons. The molecule has 0 saturated carbocycles. The topological polar surface area (TPSA) is 40.5 Å². The van der Waals surface area contributed by atoms with E-state index in [2.05, 4.69) is 4.90 Å². The lowest BCUT2D eigenvalue weighted by Crippen LogP contribution is -2.36. The van der Waals surface area contributed by atoms with Crippen LogP contribution in [0.5, 0.6) is 0 Å². The van der Waals surface area contributed by atoms with Crippen LogP contribution in [0.2, 0.25) is 0 Å². The van der Waals surface area contributed by atoms with Gasteiger partial charge >= 0.3 is 0 Å². The average Bonchev–Trinajstić information content (AvgIpc) is 2.42. The number of rotatable bonds is 8. The molecule has 1 aromatic carbocycles. The average molecular weight is 263 g/mol. The number of ketones is 1. The van der Waals surface area contributed by atoms with E-state index in [1.807, 2.05) is 45.2 Å². The summed E-state index contributed by atoms with van der Waals surface area (Å²) in [6, 6.07) is 7.64. The van der Waals surface area contributed by atoms with Gasteiger partial charge in [-0.1, -0.05) is 29.8 Å². The molecule has 0 aromatic heterocycles. The minimum absolute atomic E-state index is 0.100. The van der Waals surface area contributed by atoms with E-state index in [9.17, 15) is 4.79 Å². The van der Waals surface area contributed by atoms with Gasteiger partial charge in [0.25, 0.3) is 0 Å². The third-order valence-electron chi connectivity index (χ3n) is 3.55. The zero-order chi connectivity index (χ0) is 14.3. The van der Waals surface area contributed by atoms with Crippen LogP contribution in [-0.2, 0) is 0 Å². The van der Waals surface area contributed by atoms with Gasteiger partial charge in [-0.05, 0) is 46.7 Å². The van der Waals surface area contributed by atoms with Gasteiger partial charge < -0.3 is 5.11 Å². The van der Waals surface area contributed by atoms with Crippen molar-refractivity contribution in [3.63, 3.8) is 0 Å². The van der Waals surface area contributed by atoms with Gasteiger partial charge in [-0.3, -0.25) is 9.69 Å². The zero-order valence-electron chi connectivity index (χ0n) is 12.2. The van der Waals surface area contributed by atoms with Crippen LogP contribution in [0.15, 0.2) is 24.3 Å². The Morgan fingerprint density at radius 2 is 1.84 bits per heavy atom. The molecule has 0 saturated heterocycles. The van der Waals surface area contributed by atoms with Crippen molar-refractivity contribution in [1.29, 1.82) is 0 Å². The minimum atomic E-state index is -0.100. The smallest absolute Gasteiger partial charge is 0.179 e. The fourth-order valence-corrected chi connectivity index (χ4v) is 2.00. The van der Waals surface area contributed by atoms with Crippen molar-refractivity contribution >= 4 is 5.78 Å². The summed E-state index contributed by atoms with van der Waals surface area (Å²) in [5, 5.41) is 8.73. The van der Waals surface area contributed by atoms with Crippen LogP contribution in [0.3, 0.4) is 0 Å². The highest BCUT2D eigenvalue weighted by atomic mass is 16.2. The number of aryl methyl sites for hydroxylation is 1. The predicted molar refractivity (Wildman–Crippen MR) is 78.5 cm³/mol. The second-order valence-electron chi connectivity index (χ2n) is 5.17. The number of Topliss-reactive ketones (excluding diaryl/α,β-unsaturated/α-hetero) is 1. The van der Waals surface area contributed by atoms with Crippen LogP contribution in [0.1, 0.15) is 42.1 Å². The number of hydrogen-bond donors (Lipinski definition) is 1. The van der Waals surface area contributed by atoms with Gasteiger partial charge in [-0.15, -0.1) is 0 Å². The predicted octanol–water partition coefficient (Wildman–Crippen LogP) is 2.66. The van der Waals surface area contributed by atoms with E-state index in [1.165, 1.54) is 5.56 Å². The highest BCUT2D eigenvalue weighted by Gasteiger charge is 2.18. The van der Waals surface area contributed by atoms with Gasteiger partial charge in [0.15, 0.2) is 5.78 Å². The summed E-state index contributed by atoms with van der Waals surface area (Å²) in [4.78, 5) is 14.4. The number of unbranched alkanes of at least 4 members (excludes halogenated alkanes) is 2. The van der Waals surface area contributed by atoms with Gasteiger partial charge in [0.2, 0.25) is 0 Å². The SMILES string of the molecule is Cc1ccc(C(=O)C(C)N(C)CCCCCO)cc1. The van der Waals surface area contributed by atoms with Crippen LogP contribution in [0.25, 0.3) is 0 Å². The molecule has 19 heavy (non-hydrogen) atoms. The standard InChI is InChI=1S/C16H25NO2/c1-13-7-9-15(10-8-13)16(19)14(2)17(3)11-5-4-6-12-18/h7-10,14,18H,4-6,11-12H2,1-3H3. The summed E-state index contributed by atoms with van der Waals surface area (Å²) in [5.74, 6) is 0.171. The van der Waals surface area contributed by atoms with Crippen LogP contribution in [0.4, 0.5) is 0 Å². The molecule has 0 amide bonds. The van der Waals surface area contributed by atoms with Gasteiger partial charge in [-0.2, -0.15) is 0 Å². The van der Waals surface area contributed by atoms with Gasteiger partial charge in [0, 0.05) is 12.2 Å². The first-order valence-electron chi connectivity index (χ1n) is 6.98. The van der Waals surface area contributed by atoms with Crippen molar-refractivity contribution in [2.24, 2.45) is 0 Å². The van der Waals surface area contributed by atoms with Gasteiger partial charge in [-0.25, -0.2) is 0 Å². The molecule has 0 aliphatic heterocycles. The van der Waals surface area contributed by atoms with Gasteiger partial charge in [0.1, 0.15) is 0 Å². The number of hydrogen-bond acceptors (Lipinski definition) is 3. The second kappa shape index (κ2) is 8.08. The summed E-state index contributed by atoms with van der Waals surface area (Å²) < 4.78 is 0. The van der Waals surface area contributed by atoms with E-state index >= 15 is 0 Å². The van der Waals surface area contributed by atoms with Gasteiger partial charge in [0.05, 0.1) is 6.04 Å². The summed E-state index contributed by atoms with van der Waals surface area (Å²) in [6.07, 6.45) is 2.86. The highest BCUT2D eigenvalue weighted by molar-refractivity contribution is 5.99. The van der Waals surface area contributed by atoms with E-state index < -0.39 is 0 Å². The first-order valence-corrected chi connectivity index (χ1v) is 6.98. The Morgan fingerprint density at radius 1 is 1.21 bits per heavy atom. The Hall–Kier alpha value is -1.19. The van der Waals surface area contributed by atoms with Crippen molar-refractivity contribution in [2.75, 3.05) is 20.2 Å². The molecule has 3 nitrogen and oxygen atoms in total. The molecular formula is C16H25NO2. The maximum Gasteiger partial charge on any atom is 0.179 e. The van der Waals surface area contributed by atoms with Crippen LogP contribution < -0.4 is 0 Å². The molecule has 0 aliphatic rings. The third kappa shape index (κ3) is 5.13. The molecule has 0 spiro atoms. The number of aliphatic hydroxyl groups excluding tert-OH is 1. The van der Waals surface area contributed by atoms with Crippen molar-refractivity contribution in [2.45, 2.75) is 39.2 Å². The third-order valence-corrected chi connectivity index (χ3v) is 3.55. The molecule has 0 bridgehead atoms. The molecule has 0 fully saturated rings. The quantitative estimate of drug-likeness (QED) is 0.579. The molecule has 1 rings (SSSR count). The van der Waals surface area contributed by atoms with Crippen molar-refractivity contribution < 1.29 is 9.90 Å². The minimum Gasteiger partial charge on any atom is -0.396 e. The van der Waals surface area contributed by atoms with E-state index in [0.29, 0.717) is 0 Å². The lowest BCUT2D eigenvalue weighted by Gasteiger charge is -2.23. The summed E-state index contributed by atoms with van der Waals surface area (Å²) in [6.45, 7) is 5.11. The van der Waals surface area contributed by atoms with Crippen molar-refractivity contribution in [1.82, 2.24) is 4.90 Å². The molecule has 3 heteroatoms. The number of likely N-dealkylation sites (N-methyl/N-ethyl adjacent to an activating group) is 1. The summed E-state index contributed by atoms with van der Waals surface area (Å²) >= 11 is 0. The Kier molecular flexibility index (Phi) is 6.74. The second-order valence-corrected chi connectivity index (χ2v) is 5.17. The fourth-order valence-electron chi connectivity index (χ4n) is 2.00. The number of nitrogens with zero attached hydrogens (tertiary/aromatic N) is 1. The zero-order valence-corrected chi connectivity index (χ0v) is 12.2. The van der Waals surface area contributed by atoms with E-state index in [1.54, 1.807) is 0 Å². The Bertz CT molecular complexity index is 386. The lowest BCUT2D eigenvalue weighted by atomic mass is 10.0. The molecular weight excluding hydrogens is 238 g/mol. The maximum absolute atomic E-state index is 12.3. The maximum atomic E-state index is 12.3. The molecule has 1 atom stereocenters. The fraction of sp³-hybridized carbons (Fsp3) is 0.562. The van der Waals surface area contributed by atoms with Crippen molar-refractivity contribution in [3.8, 4) is 0 Å². The normalized spacial score (nSPS) is 12.7. The Labute approximate surface area is 116 Å². The highest BCUT2D eigenvalue weighted by Crippen LogP contribution is 2.10. The first-order chi connectivity index (χ1) is 9.06. The van der Waals surface area contributed by atoms with E-state index in [-0.39, 0.29) is 18.4 Å². The summed E-state index contributed by atoms with van der Waals surface area (Å²) in [7, 11) is 1.98. The molecule has 0 heterocycles. The Morgan fingerprint density at radius 3 is 2.42 bits per heavy atom. The van der Waals surface area contributed by atoms with Crippen LogP contribution in [-0.4, -0.2) is 42.0 Å². The summed E-state index contributed by atoms with van der Waals surface area (Å²) in [5.41, 5.74) is 1.95. The van der Waals surface area contributed by atoms with Crippen LogP contribution >= 0.6 is 0 Å². The molecule has 1 aromatic rings. The monoisotopic (exact) mass is 263 g/mol. The molecule has 0 aliphatic carbocycles. The number of carbonyl (C=O) groups is 1. The molecule has 0 radical (unpaired) electrons. The molecule has 1 N–H and O–H groups in total. The first kappa shape index (κ1) is 15.9. The Balaban J connectivity index is 2.49. The lowest BCUT2D eigenvalue weighted by molar-refractivity contribution is 0.0866. The molecule has 1 unspecified atom stereocenters. The largest absolute Gasteiger partial charge is 0.396 e. The van der Waals surface area contributed by atoms with E-state index in [0.717, 1.165) is 31.4 Å².